The highest BCUT2D eigenvalue weighted by atomic mass is 16.5. The van der Waals surface area contributed by atoms with Gasteiger partial charge < -0.3 is 24.8 Å². The minimum Gasteiger partial charge on any atom is -0.496 e. The van der Waals surface area contributed by atoms with Crippen LogP contribution >= 0.6 is 0 Å². The molecule has 0 saturated carbocycles. The van der Waals surface area contributed by atoms with Gasteiger partial charge in [0.2, 0.25) is 0 Å². The summed E-state index contributed by atoms with van der Waals surface area (Å²) < 4.78 is 16.2. The number of aliphatic imine (C=N–C) groups is 1. The van der Waals surface area contributed by atoms with E-state index in [1.165, 1.54) is 14.2 Å². The molecule has 0 amide bonds. The summed E-state index contributed by atoms with van der Waals surface area (Å²) in [6, 6.07) is 13.5. The zero-order chi connectivity index (χ0) is 21.7. The molecule has 30 heavy (non-hydrogen) atoms. The molecule has 2 aromatic carbocycles. The van der Waals surface area contributed by atoms with Gasteiger partial charge in [-0.05, 0) is 37.6 Å². The molecule has 0 spiro atoms. The normalized spacial score (nSPS) is 17.4. The fourth-order valence-electron chi connectivity index (χ4n) is 3.61. The fraction of sp³-hybridized carbons (Fsp3) is 0.391. The summed E-state index contributed by atoms with van der Waals surface area (Å²) in [5, 5.41) is 6.82. The van der Waals surface area contributed by atoms with Gasteiger partial charge in [-0.2, -0.15) is 0 Å². The van der Waals surface area contributed by atoms with Gasteiger partial charge in [0, 0.05) is 25.6 Å². The molecule has 0 fully saturated rings. The lowest BCUT2D eigenvalue weighted by molar-refractivity contribution is 0.0596. The smallest absolute Gasteiger partial charge is 0.341 e. The molecule has 160 valence electrons. The number of methoxy groups -OCH3 is 2. The Morgan fingerprint density at radius 1 is 1.23 bits per heavy atom. The maximum atomic E-state index is 12.0. The van der Waals surface area contributed by atoms with E-state index in [2.05, 4.69) is 35.5 Å². The van der Waals surface area contributed by atoms with Gasteiger partial charge in [0.1, 0.15) is 22.7 Å². The van der Waals surface area contributed by atoms with Gasteiger partial charge in [0.15, 0.2) is 5.96 Å². The van der Waals surface area contributed by atoms with Crippen molar-refractivity contribution in [2.24, 2.45) is 4.99 Å². The van der Waals surface area contributed by atoms with Crippen molar-refractivity contribution in [3.8, 4) is 11.5 Å². The van der Waals surface area contributed by atoms with Crippen LogP contribution in [0.4, 0.5) is 0 Å². The topological polar surface area (TPSA) is 81.2 Å². The van der Waals surface area contributed by atoms with E-state index in [0.29, 0.717) is 23.8 Å². The molecule has 0 bridgehead atoms. The number of para-hydroxylation sites is 1. The Morgan fingerprint density at radius 3 is 2.70 bits per heavy atom. The predicted molar refractivity (Wildman–Crippen MR) is 116 cm³/mol. The molecule has 0 radical (unpaired) electrons. The Morgan fingerprint density at radius 2 is 2.00 bits per heavy atom. The molecule has 3 rings (SSSR count). The summed E-state index contributed by atoms with van der Waals surface area (Å²) in [7, 11) is 4.62. The lowest BCUT2D eigenvalue weighted by Crippen LogP contribution is -2.45. The summed E-state index contributed by atoms with van der Waals surface area (Å²) in [5.41, 5.74) is 2.13. The SMILES string of the molecule is CN=C(NCc1ccc(OC)c(C(=O)OC)c1)NC1CC(C)(C)Oc2ccccc21. The van der Waals surface area contributed by atoms with Crippen LogP contribution in [0.25, 0.3) is 0 Å². The van der Waals surface area contributed by atoms with Crippen molar-refractivity contribution in [1.82, 2.24) is 10.6 Å². The second-order valence-corrected chi connectivity index (χ2v) is 7.75. The first kappa shape index (κ1) is 21.5. The monoisotopic (exact) mass is 411 g/mol. The zero-order valence-electron chi connectivity index (χ0n) is 18.1. The summed E-state index contributed by atoms with van der Waals surface area (Å²) in [6.07, 6.45) is 0.805. The summed E-state index contributed by atoms with van der Waals surface area (Å²) in [6.45, 7) is 4.65. The third-order valence-electron chi connectivity index (χ3n) is 5.04. The molecular weight excluding hydrogens is 382 g/mol. The van der Waals surface area contributed by atoms with Crippen LogP contribution in [0.2, 0.25) is 0 Å². The quantitative estimate of drug-likeness (QED) is 0.446. The van der Waals surface area contributed by atoms with Crippen LogP contribution in [-0.2, 0) is 11.3 Å². The minimum atomic E-state index is -0.433. The first-order valence-corrected chi connectivity index (χ1v) is 9.87. The van der Waals surface area contributed by atoms with Crippen LogP contribution in [0.1, 0.15) is 47.8 Å². The van der Waals surface area contributed by atoms with Crippen LogP contribution < -0.4 is 20.1 Å². The van der Waals surface area contributed by atoms with Gasteiger partial charge in [-0.15, -0.1) is 0 Å². The lowest BCUT2D eigenvalue weighted by atomic mass is 9.90. The van der Waals surface area contributed by atoms with Crippen LogP contribution in [-0.4, -0.2) is 38.8 Å². The Balaban J connectivity index is 1.72. The summed E-state index contributed by atoms with van der Waals surface area (Å²) in [5.74, 6) is 1.61. The van der Waals surface area contributed by atoms with Crippen molar-refractivity contribution in [2.45, 2.75) is 38.5 Å². The maximum absolute atomic E-state index is 12.0. The number of esters is 1. The van der Waals surface area contributed by atoms with E-state index in [-0.39, 0.29) is 11.6 Å². The van der Waals surface area contributed by atoms with E-state index in [1.54, 1.807) is 19.2 Å². The van der Waals surface area contributed by atoms with E-state index in [0.717, 1.165) is 23.3 Å². The molecule has 1 atom stereocenters. The molecule has 0 saturated heterocycles. The number of fused-ring (bicyclic) bond motifs is 1. The number of hydrogen-bond donors (Lipinski definition) is 2. The summed E-state index contributed by atoms with van der Waals surface area (Å²) >= 11 is 0. The van der Waals surface area contributed by atoms with Crippen LogP contribution in [0.15, 0.2) is 47.5 Å². The molecule has 2 N–H and O–H groups in total. The van der Waals surface area contributed by atoms with E-state index >= 15 is 0 Å². The molecular formula is C23H29N3O4. The van der Waals surface area contributed by atoms with Crippen LogP contribution in [0, 0.1) is 0 Å². The Bertz CT molecular complexity index is 940. The standard InChI is InChI=1S/C23H29N3O4/c1-23(2)13-18(16-8-6-7-9-20(16)30-23)26-22(24-3)25-14-15-10-11-19(28-4)17(12-15)21(27)29-5/h6-12,18H,13-14H2,1-5H3,(H2,24,25,26). The number of rotatable bonds is 5. The molecule has 1 unspecified atom stereocenters. The second kappa shape index (κ2) is 9.07. The van der Waals surface area contributed by atoms with Gasteiger partial charge in [0.05, 0.1) is 20.3 Å². The van der Waals surface area contributed by atoms with Crippen molar-refractivity contribution in [3.63, 3.8) is 0 Å². The van der Waals surface area contributed by atoms with Gasteiger partial charge in [-0.1, -0.05) is 24.3 Å². The first-order chi connectivity index (χ1) is 14.4. The molecule has 2 aromatic rings. The van der Waals surface area contributed by atoms with E-state index < -0.39 is 5.97 Å². The molecule has 0 aromatic heterocycles. The number of guanidine groups is 1. The number of ether oxygens (including phenoxy) is 3. The maximum Gasteiger partial charge on any atom is 0.341 e. The Labute approximate surface area is 177 Å². The van der Waals surface area contributed by atoms with Crippen molar-refractivity contribution in [2.75, 3.05) is 21.3 Å². The minimum absolute atomic E-state index is 0.0673. The van der Waals surface area contributed by atoms with Gasteiger partial charge in [0.25, 0.3) is 0 Å². The third-order valence-corrected chi connectivity index (χ3v) is 5.04. The van der Waals surface area contributed by atoms with E-state index in [4.69, 9.17) is 14.2 Å². The molecule has 1 heterocycles. The molecule has 1 aliphatic heterocycles. The molecule has 1 aliphatic rings. The lowest BCUT2D eigenvalue weighted by Gasteiger charge is -2.38. The van der Waals surface area contributed by atoms with Crippen LogP contribution in [0.5, 0.6) is 11.5 Å². The van der Waals surface area contributed by atoms with E-state index in [1.807, 2.05) is 24.3 Å². The van der Waals surface area contributed by atoms with Gasteiger partial charge >= 0.3 is 5.97 Å². The van der Waals surface area contributed by atoms with Crippen molar-refractivity contribution in [1.29, 1.82) is 0 Å². The van der Waals surface area contributed by atoms with E-state index in [9.17, 15) is 4.79 Å². The molecule has 0 aliphatic carbocycles. The highest BCUT2D eigenvalue weighted by Gasteiger charge is 2.33. The highest BCUT2D eigenvalue weighted by molar-refractivity contribution is 5.92. The Hall–Kier alpha value is -3.22. The predicted octanol–water partition coefficient (Wildman–Crippen LogP) is 3.45. The second-order valence-electron chi connectivity index (χ2n) is 7.75. The number of benzene rings is 2. The number of carbonyl (C=O) groups excluding carboxylic acids is 1. The largest absolute Gasteiger partial charge is 0.496 e. The third kappa shape index (κ3) is 4.84. The Kier molecular flexibility index (Phi) is 6.50. The summed E-state index contributed by atoms with van der Waals surface area (Å²) in [4.78, 5) is 16.4. The molecule has 7 heteroatoms. The van der Waals surface area contributed by atoms with Gasteiger partial charge in [-0.3, -0.25) is 4.99 Å². The molecule has 7 nitrogen and oxygen atoms in total. The zero-order valence-corrected chi connectivity index (χ0v) is 18.1. The number of carbonyl (C=O) groups is 1. The average molecular weight is 412 g/mol. The van der Waals surface area contributed by atoms with Crippen molar-refractivity contribution >= 4 is 11.9 Å². The number of hydrogen-bond acceptors (Lipinski definition) is 5. The fourth-order valence-corrected chi connectivity index (χ4v) is 3.61. The van der Waals surface area contributed by atoms with Gasteiger partial charge in [-0.25, -0.2) is 4.79 Å². The highest BCUT2D eigenvalue weighted by Crippen LogP contribution is 2.39. The number of nitrogens with zero attached hydrogens (tertiary/aromatic N) is 1. The number of nitrogens with one attached hydrogen (secondary N) is 2. The van der Waals surface area contributed by atoms with Crippen molar-refractivity contribution in [3.05, 3.63) is 59.2 Å². The van der Waals surface area contributed by atoms with Crippen LogP contribution in [0.3, 0.4) is 0 Å². The average Bonchev–Trinajstić information content (AvgIpc) is 2.74. The van der Waals surface area contributed by atoms with Crippen molar-refractivity contribution < 1.29 is 19.0 Å². The first-order valence-electron chi connectivity index (χ1n) is 9.87.